The number of benzene rings is 2. The zero-order valence-corrected chi connectivity index (χ0v) is 11.2. The molecule has 102 valence electrons. The molecular formula is C15H12ClNO3. The lowest BCUT2D eigenvalue weighted by Crippen LogP contribution is -2.08. The van der Waals surface area contributed by atoms with E-state index in [1.807, 2.05) is 18.2 Å². The number of carboxylic acids is 1. The summed E-state index contributed by atoms with van der Waals surface area (Å²) in [7, 11) is 0. The maximum absolute atomic E-state index is 10.7. The highest BCUT2D eigenvalue weighted by Gasteiger charge is 2.12. The highest BCUT2D eigenvalue weighted by atomic mass is 35.5. The SMILES string of the molecule is O=C(O)CN=C(c1ccccc1)c1cc(Cl)ccc1O. The van der Waals surface area contributed by atoms with Crippen molar-refractivity contribution in [3.05, 3.63) is 64.7 Å². The van der Waals surface area contributed by atoms with E-state index >= 15 is 0 Å². The standard InChI is InChI=1S/C15H12ClNO3/c16-11-6-7-13(18)12(8-11)15(17-9-14(19)20)10-4-2-1-3-5-10/h1-8,18H,9H2,(H,19,20). The van der Waals surface area contributed by atoms with Gasteiger partial charge in [0.1, 0.15) is 12.3 Å². The molecule has 5 heteroatoms. The van der Waals surface area contributed by atoms with Crippen molar-refractivity contribution in [2.24, 2.45) is 4.99 Å². The molecule has 0 unspecified atom stereocenters. The smallest absolute Gasteiger partial charge is 0.325 e. The van der Waals surface area contributed by atoms with Crippen LogP contribution in [0.5, 0.6) is 5.75 Å². The fourth-order valence-electron chi connectivity index (χ4n) is 1.77. The summed E-state index contributed by atoms with van der Waals surface area (Å²) >= 11 is 5.93. The van der Waals surface area contributed by atoms with Crippen molar-refractivity contribution in [2.45, 2.75) is 0 Å². The third kappa shape index (κ3) is 3.36. The number of aliphatic carboxylic acids is 1. The Morgan fingerprint density at radius 2 is 1.85 bits per heavy atom. The Bertz CT molecular complexity index is 653. The number of halogens is 1. The van der Waals surface area contributed by atoms with Crippen molar-refractivity contribution < 1.29 is 15.0 Å². The van der Waals surface area contributed by atoms with Crippen molar-refractivity contribution in [2.75, 3.05) is 6.54 Å². The summed E-state index contributed by atoms with van der Waals surface area (Å²) in [6, 6.07) is 13.6. The number of hydrogen-bond donors (Lipinski definition) is 2. The maximum Gasteiger partial charge on any atom is 0.325 e. The average molecular weight is 290 g/mol. The topological polar surface area (TPSA) is 69.9 Å². The molecule has 0 radical (unpaired) electrons. The quantitative estimate of drug-likeness (QED) is 0.850. The molecule has 2 rings (SSSR count). The van der Waals surface area contributed by atoms with Gasteiger partial charge in [-0.3, -0.25) is 9.79 Å². The first-order valence-corrected chi connectivity index (χ1v) is 6.26. The van der Waals surface area contributed by atoms with E-state index in [2.05, 4.69) is 4.99 Å². The summed E-state index contributed by atoms with van der Waals surface area (Å²) in [6.45, 7) is -0.379. The molecule has 2 aromatic rings. The minimum absolute atomic E-state index is 0.00221. The molecule has 0 aliphatic rings. The zero-order chi connectivity index (χ0) is 14.5. The van der Waals surface area contributed by atoms with E-state index in [-0.39, 0.29) is 12.3 Å². The fraction of sp³-hybridized carbons (Fsp3) is 0.0667. The lowest BCUT2D eigenvalue weighted by molar-refractivity contribution is -0.135. The predicted octanol–water partition coefficient (Wildman–Crippen LogP) is 2.97. The first-order valence-electron chi connectivity index (χ1n) is 5.88. The number of phenols is 1. The summed E-state index contributed by atoms with van der Waals surface area (Å²) in [5.74, 6) is -1.04. The summed E-state index contributed by atoms with van der Waals surface area (Å²) in [6.07, 6.45) is 0. The number of nitrogens with zero attached hydrogens (tertiary/aromatic N) is 1. The van der Waals surface area contributed by atoms with Gasteiger partial charge in [0.05, 0.1) is 5.71 Å². The Hall–Kier alpha value is -2.33. The van der Waals surface area contributed by atoms with Gasteiger partial charge in [0.25, 0.3) is 0 Å². The van der Waals surface area contributed by atoms with Gasteiger partial charge in [-0.25, -0.2) is 0 Å². The molecule has 2 N–H and O–H groups in total. The molecule has 0 fully saturated rings. The van der Waals surface area contributed by atoms with Gasteiger partial charge in [-0.05, 0) is 18.2 Å². The molecule has 2 aromatic carbocycles. The van der Waals surface area contributed by atoms with Crippen LogP contribution in [0.25, 0.3) is 0 Å². The Morgan fingerprint density at radius 3 is 2.50 bits per heavy atom. The Kier molecular flexibility index (Phi) is 4.38. The van der Waals surface area contributed by atoms with Gasteiger partial charge in [-0.15, -0.1) is 0 Å². The Balaban J connectivity index is 2.55. The number of hydrogen-bond acceptors (Lipinski definition) is 3. The molecular weight excluding hydrogens is 278 g/mol. The van der Waals surface area contributed by atoms with E-state index in [1.54, 1.807) is 24.3 Å². The maximum atomic E-state index is 10.7. The molecule has 0 saturated carbocycles. The second-order valence-corrected chi connectivity index (χ2v) is 4.52. The largest absolute Gasteiger partial charge is 0.507 e. The first kappa shape index (κ1) is 14.1. The molecule has 0 amide bonds. The van der Waals surface area contributed by atoms with Gasteiger partial charge < -0.3 is 10.2 Å². The monoisotopic (exact) mass is 289 g/mol. The van der Waals surface area contributed by atoms with Gasteiger partial charge >= 0.3 is 5.97 Å². The molecule has 4 nitrogen and oxygen atoms in total. The molecule has 0 bridgehead atoms. The first-order chi connectivity index (χ1) is 9.58. The van der Waals surface area contributed by atoms with Crippen LogP contribution in [0.2, 0.25) is 5.02 Å². The van der Waals surface area contributed by atoms with E-state index in [9.17, 15) is 9.90 Å². The van der Waals surface area contributed by atoms with E-state index in [0.717, 1.165) is 0 Å². The molecule has 0 spiro atoms. The molecule has 0 aliphatic carbocycles. The van der Waals surface area contributed by atoms with Crippen LogP contribution in [0, 0.1) is 0 Å². The van der Waals surface area contributed by atoms with Crippen LogP contribution < -0.4 is 0 Å². The second-order valence-electron chi connectivity index (χ2n) is 4.09. The third-order valence-corrected chi connectivity index (χ3v) is 2.87. The number of rotatable bonds is 4. The summed E-state index contributed by atoms with van der Waals surface area (Å²) in [4.78, 5) is 14.8. The van der Waals surface area contributed by atoms with Crippen LogP contribution in [-0.4, -0.2) is 28.4 Å². The highest BCUT2D eigenvalue weighted by Crippen LogP contribution is 2.24. The molecule has 20 heavy (non-hydrogen) atoms. The Labute approximate surface area is 121 Å². The van der Waals surface area contributed by atoms with E-state index in [4.69, 9.17) is 16.7 Å². The van der Waals surface area contributed by atoms with Crippen LogP contribution in [-0.2, 0) is 4.79 Å². The van der Waals surface area contributed by atoms with Crippen molar-refractivity contribution in [3.63, 3.8) is 0 Å². The number of phenolic OH excluding ortho intramolecular Hbond substituents is 1. The van der Waals surface area contributed by atoms with E-state index in [1.165, 1.54) is 6.07 Å². The van der Waals surface area contributed by atoms with Crippen LogP contribution in [0.4, 0.5) is 0 Å². The molecule has 0 saturated heterocycles. The van der Waals surface area contributed by atoms with Crippen molar-refractivity contribution >= 4 is 23.3 Å². The van der Waals surface area contributed by atoms with Gasteiger partial charge in [0.15, 0.2) is 0 Å². The summed E-state index contributed by atoms with van der Waals surface area (Å²) in [5.41, 5.74) is 1.52. The minimum Gasteiger partial charge on any atom is -0.507 e. The van der Waals surface area contributed by atoms with Crippen LogP contribution in [0.3, 0.4) is 0 Å². The molecule has 0 atom stereocenters. The van der Waals surface area contributed by atoms with Gasteiger partial charge in [-0.1, -0.05) is 41.9 Å². The number of carbonyl (C=O) groups is 1. The molecule has 0 aliphatic heterocycles. The second kappa shape index (κ2) is 6.21. The van der Waals surface area contributed by atoms with Crippen LogP contribution >= 0.6 is 11.6 Å². The predicted molar refractivity (Wildman–Crippen MR) is 77.7 cm³/mol. The van der Waals surface area contributed by atoms with Crippen LogP contribution in [0.15, 0.2) is 53.5 Å². The molecule has 0 heterocycles. The van der Waals surface area contributed by atoms with Crippen LogP contribution in [0.1, 0.15) is 11.1 Å². The highest BCUT2D eigenvalue weighted by molar-refractivity contribution is 6.31. The van der Waals surface area contributed by atoms with Gasteiger partial charge in [-0.2, -0.15) is 0 Å². The third-order valence-electron chi connectivity index (χ3n) is 2.63. The molecule has 0 aromatic heterocycles. The lowest BCUT2D eigenvalue weighted by atomic mass is 10.0. The summed E-state index contributed by atoms with van der Waals surface area (Å²) in [5, 5.41) is 19.2. The zero-order valence-electron chi connectivity index (χ0n) is 10.5. The van der Waals surface area contributed by atoms with Gasteiger partial charge in [0, 0.05) is 16.1 Å². The van der Waals surface area contributed by atoms with E-state index in [0.29, 0.717) is 21.9 Å². The van der Waals surface area contributed by atoms with Gasteiger partial charge in [0.2, 0.25) is 0 Å². The fourth-order valence-corrected chi connectivity index (χ4v) is 1.94. The average Bonchev–Trinajstić information content (AvgIpc) is 2.43. The minimum atomic E-state index is -1.04. The Morgan fingerprint density at radius 1 is 1.15 bits per heavy atom. The number of aromatic hydroxyl groups is 1. The van der Waals surface area contributed by atoms with Crippen molar-refractivity contribution in [1.29, 1.82) is 0 Å². The lowest BCUT2D eigenvalue weighted by Gasteiger charge is -2.09. The normalized spacial score (nSPS) is 11.3. The summed E-state index contributed by atoms with van der Waals surface area (Å²) < 4.78 is 0. The van der Waals surface area contributed by atoms with E-state index < -0.39 is 5.97 Å². The van der Waals surface area contributed by atoms with Crippen molar-refractivity contribution in [1.82, 2.24) is 0 Å². The van der Waals surface area contributed by atoms with Crippen molar-refractivity contribution in [3.8, 4) is 5.75 Å². The number of aliphatic imine (C=N–C) groups is 1. The number of carboxylic acid groups (broad SMARTS) is 1.